The summed E-state index contributed by atoms with van der Waals surface area (Å²) in [5.41, 5.74) is 4.72. The minimum atomic E-state index is -0.784. The maximum atomic E-state index is 12.9. The standard InChI is InChI=1S/C33H39N3O3/c1-2-19-34-32(38)39-33(29-16-8-6-14-27(29)28-15-7-9-17-30(28)33)18-10-11-20-35-21-23-36(24-22-35)31(37)25-26-12-4-3-5-13-26/h3-9,12-17H,2,10-11,18-25H2,1H3,(H,34,38). The molecule has 0 saturated carbocycles. The van der Waals surface area contributed by atoms with Gasteiger partial charge in [0, 0.05) is 43.9 Å². The van der Waals surface area contributed by atoms with Crippen molar-refractivity contribution in [1.82, 2.24) is 15.1 Å². The van der Waals surface area contributed by atoms with E-state index in [1.54, 1.807) is 0 Å². The van der Waals surface area contributed by atoms with E-state index in [0.717, 1.165) is 86.2 Å². The number of rotatable bonds is 10. The van der Waals surface area contributed by atoms with Crippen LogP contribution < -0.4 is 5.32 Å². The SMILES string of the molecule is CCCNC(=O)OC1(CCCCN2CCN(C(=O)Cc3ccccc3)CC2)c2ccccc2-c2ccccc21. The van der Waals surface area contributed by atoms with Crippen LogP contribution in [0.3, 0.4) is 0 Å². The second kappa shape index (κ2) is 12.5. The van der Waals surface area contributed by atoms with Crippen LogP contribution in [0.25, 0.3) is 11.1 Å². The van der Waals surface area contributed by atoms with Crippen LogP contribution in [0.1, 0.15) is 49.3 Å². The van der Waals surface area contributed by atoms with E-state index < -0.39 is 5.60 Å². The summed E-state index contributed by atoms with van der Waals surface area (Å²) >= 11 is 0. The number of carbonyl (C=O) groups excluding carboxylic acids is 2. The van der Waals surface area contributed by atoms with Crippen LogP contribution in [-0.4, -0.2) is 61.1 Å². The Morgan fingerprint density at radius 3 is 2.08 bits per heavy atom. The van der Waals surface area contributed by atoms with E-state index in [2.05, 4.69) is 34.5 Å². The van der Waals surface area contributed by atoms with Crippen molar-refractivity contribution < 1.29 is 14.3 Å². The van der Waals surface area contributed by atoms with Crippen molar-refractivity contribution in [2.45, 2.75) is 44.6 Å². The lowest BCUT2D eigenvalue weighted by molar-refractivity contribution is -0.132. The molecule has 3 aromatic carbocycles. The van der Waals surface area contributed by atoms with Crippen LogP contribution in [0.5, 0.6) is 0 Å². The fraction of sp³-hybridized carbons (Fsp3) is 0.394. The first-order valence-corrected chi connectivity index (χ1v) is 14.3. The molecule has 3 aromatic rings. The number of fused-ring (bicyclic) bond motifs is 3. The minimum absolute atomic E-state index is 0.208. The number of alkyl carbamates (subject to hydrolysis) is 1. The molecular formula is C33H39N3O3. The van der Waals surface area contributed by atoms with E-state index in [1.165, 1.54) is 0 Å². The van der Waals surface area contributed by atoms with Crippen LogP contribution in [-0.2, 0) is 21.6 Å². The Labute approximate surface area is 232 Å². The van der Waals surface area contributed by atoms with Crippen LogP contribution in [0, 0.1) is 0 Å². The highest BCUT2D eigenvalue weighted by Crippen LogP contribution is 2.52. The van der Waals surface area contributed by atoms with Crippen molar-refractivity contribution in [2.24, 2.45) is 0 Å². The quantitative estimate of drug-likeness (QED) is 0.350. The monoisotopic (exact) mass is 525 g/mol. The summed E-state index contributed by atoms with van der Waals surface area (Å²) in [7, 11) is 0. The summed E-state index contributed by atoms with van der Waals surface area (Å²) in [5.74, 6) is 0.208. The number of benzene rings is 3. The molecule has 0 radical (unpaired) electrons. The fourth-order valence-corrected chi connectivity index (χ4v) is 5.95. The second-order valence-electron chi connectivity index (χ2n) is 10.6. The first-order valence-electron chi connectivity index (χ1n) is 14.3. The van der Waals surface area contributed by atoms with Crippen molar-refractivity contribution in [3.05, 3.63) is 95.6 Å². The number of nitrogens with one attached hydrogen (secondary N) is 1. The average molecular weight is 526 g/mol. The Hall–Kier alpha value is -3.64. The molecule has 1 aliphatic carbocycles. The number of hydrogen-bond acceptors (Lipinski definition) is 4. The maximum Gasteiger partial charge on any atom is 0.408 e. The third-order valence-corrected chi connectivity index (χ3v) is 7.98. The average Bonchev–Trinajstić information content (AvgIpc) is 3.25. The molecule has 6 heteroatoms. The molecule has 5 rings (SSSR count). The molecule has 0 bridgehead atoms. The lowest BCUT2D eigenvalue weighted by Gasteiger charge is -2.35. The molecule has 2 amide bonds. The van der Waals surface area contributed by atoms with Gasteiger partial charge >= 0.3 is 6.09 Å². The molecule has 2 aliphatic rings. The molecule has 1 N–H and O–H groups in total. The highest BCUT2D eigenvalue weighted by molar-refractivity contribution is 5.82. The molecule has 1 heterocycles. The predicted molar refractivity (Wildman–Crippen MR) is 154 cm³/mol. The molecule has 1 fully saturated rings. The maximum absolute atomic E-state index is 12.9. The van der Waals surface area contributed by atoms with Gasteiger partial charge in [0.25, 0.3) is 0 Å². The molecule has 39 heavy (non-hydrogen) atoms. The van der Waals surface area contributed by atoms with E-state index in [1.807, 2.05) is 66.4 Å². The zero-order valence-electron chi connectivity index (χ0n) is 22.9. The number of ether oxygens (including phenoxy) is 1. The summed E-state index contributed by atoms with van der Waals surface area (Å²) < 4.78 is 6.33. The summed E-state index contributed by atoms with van der Waals surface area (Å²) in [4.78, 5) is 30.1. The summed E-state index contributed by atoms with van der Waals surface area (Å²) in [5, 5.41) is 2.91. The van der Waals surface area contributed by atoms with Gasteiger partial charge in [0.15, 0.2) is 5.60 Å². The molecular weight excluding hydrogens is 486 g/mol. The Morgan fingerprint density at radius 2 is 1.44 bits per heavy atom. The van der Waals surface area contributed by atoms with Crippen LogP contribution in [0.2, 0.25) is 0 Å². The van der Waals surface area contributed by atoms with Crippen molar-refractivity contribution in [1.29, 1.82) is 0 Å². The van der Waals surface area contributed by atoms with E-state index >= 15 is 0 Å². The van der Waals surface area contributed by atoms with Crippen molar-refractivity contribution in [3.63, 3.8) is 0 Å². The number of nitrogens with zero attached hydrogens (tertiary/aromatic N) is 2. The van der Waals surface area contributed by atoms with Crippen molar-refractivity contribution in [3.8, 4) is 11.1 Å². The number of amides is 2. The fourth-order valence-electron chi connectivity index (χ4n) is 5.95. The topological polar surface area (TPSA) is 61.9 Å². The van der Waals surface area contributed by atoms with E-state index in [0.29, 0.717) is 13.0 Å². The van der Waals surface area contributed by atoms with Crippen LogP contribution in [0.15, 0.2) is 78.9 Å². The highest BCUT2D eigenvalue weighted by atomic mass is 16.6. The highest BCUT2D eigenvalue weighted by Gasteiger charge is 2.46. The summed E-state index contributed by atoms with van der Waals surface area (Å²) in [6, 6.07) is 26.6. The Balaban J connectivity index is 1.19. The molecule has 0 spiro atoms. The van der Waals surface area contributed by atoms with E-state index in [-0.39, 0.29) is 12.0 Å². The van der Waals surface area contributed by atoms with E-state index in [9.17, 15) is 9.59 Å². The lowest BCUT2D eigenvalue weighted by atomic mass is 9.86. The first-order chi connectivity index (χ1) is 19.1. The Morgan fingerprint density at radius 1 is 0.821 bits per heavy atom. The number of carbonyl (C=O) groups is 2. The third-order valence-electron chi connectivity index (χ3n) is 7.98. The minimum Gasteiger partial charge on any atom is -0.433 e. The van der Waals surface area contributed by atoms with Gasteiger partial charge in [0.2, 0.25) is 5.91 Å². The zero-order chi connectivity index (χ0) is 27.1. The molecule has 204 valence electrons. The van der Waals surface area contributed by atoms with Gasteiger partial charge < -0.3 is 15.0 Å². The van der Waals surface area contributed by atoms with Crippen LogP contribution >= 0.6 is 0 Å². The van der Waals surface area contributed by atoms with Gasteiger partial charge in [-0.1, -0.05) is 85.8 Å². The predicted octanol–water partition coefficient (Wildman–Crippen LogP) is 5.60. The van der Waals surface area contributed by atoms with Gasteiger partial charge in [0.1, 0.15) is 0 Å². The normalized spacial score (nSPS) is 15.9. The molecule has 0 aromatic heterocycles. The first kappa shape index (κ1) is 26.9. The van der Waals surface area contributed by atoms with Gasteiger partial charge in [0.05, 0.1) is 6.42 Å². The van der Waals surface area contributed by atoms with Gasteiger partial charge in [-0.15, -0.1) is 0 Å². The van der Waals surface area contributed by atoms with Gasteiger partial charge in [-0.2, -0.15) is 0 Å². The number of piperazine rings is 1. The zero-order valence-corrected chi connectivity index (χ0v) is 22.9. The molecule has 0 atom stereocenters. The largest absolute Gasteiger partial charge is 0.433 e. The summed E-state index contributed by atoms with van der Waals surface area (Å²) in [6.45, 7) is 6.95. The van der Waals surface area contributed by atoms with Gasteiger partial charge in [-0.25, -0.2) is 4.79 Å². The second-order valence-corrected chi connectivity index (χ2v) is 10.6. The van der Waals surface area contributed by atoms with E-state index in [4.69, 9.17) is 4.74 Å². The molecule has 1 saturated heterocycles. The third kappa shape index (κ3) is 6.01. The Kier molecular flexibility index (Phi) is 8.62. The van der Waals surface area contributed by atoms with Crippen molar-refractivity contribution >= 4 is 12.0 Å². The van der Waals surface area contributed by atoms with Crippen molar-refractivity contribution in [2.75, 3.05) is 39.3 Å². The summed E-state index contributed by atoms with van der Waals surface area (Å²) in [6.07, 6.45) is 3.63. The number of unbranched alkanes of at least 4 members (excludes halogenated alkanes) is 1. The molecule has 0 unspecified atom stereocenters. The van der Waals surface area contributed by atoms with Gasteiger partial charge in [-0.3, -0.25) is 9.69 Å². The molecule has 6 nitrogen and oxygen atoms in total. The number of hydrogen-bond donors (Lipinski definition) is 1. The smallest absolute Gasteiger partial charge is 0.408 e. The Bertz CT molecular complexity index is 1220. The molecule has 1 aliphatic heterocycles. The lowest BCUT2D eigenvalue weighted by Crippen LogP contribution is -2.49. The van der Waals surface area contributed by atoms with Gasteiger partial charge in [-0.05, 0) is 48.9 Å². The van der Waals surface area contributed by atoms with Crippen LogP contribution in [0.4, 0.5) is 4.79 Å².